The molecule has 0 atom stereocenters. The number of benzene rings is 1. The van der Waals surface area contributed by atoms with Crippen molar-refractivity contribution in [2.24, 2.45) is 0 Å². The molecular weight excluding hydrogens is 262 g/mol. The van der Waals surface area contributed by atoms with Crippen LogP contribution in [-0.2, 0) is 4.74 Å². The summed E-state index contributed by atoms with van der Waals surface area (Å²) in [5.74, 6) is -0.556. The van der Waals surface area contributed by atoms with Gasteiger partial charge in [0.25, 0.3) is 0 Å². The van der Waals surface area contributed by atoms with Gasteiger partial charge in [-0.3, -0.25) is 0 Å². The Labute approximate surface area is 94.4 Å². The van der Waals surface area contributed by atoms with Crippen LogP contribution in [0.15, 0.2) is 27.1 Å². The summed E-state index contributed by atoms with van der Waals surface area (Å²) in [6.07, 6.45) is 0. The van der Waals surface area contributed by atoms with E-state index in [0.29, 0.717) is 17.7 Å². The number of carbonyl (C=O) groups is 1. The van der Waals surface area contributed by atoms with Gasteiger partial charge in [0.15, 0.2) is 5.58 Å². The van der Waals surface area contributed by atoms with Crippen LogP contribution in [0.25, 0.3) is 11.1 Å². The predicted molar refractivity (Wildman–Crippen MR) is 57.7 cm³/mol. The molecule has 0 saturated heterocycles. The lowest BCUT2D eigenvalue weighted by Crippen LogP contribution is -2.04. The van der Waals surface area contributed by atoms with Crippen molar-refractivity contribution in [1.29, 1.82) is 0 Å². The first-order valence-corrected chi connectivity index (χ1v) is 5.24. The fourth-order valence-corrected chi connectivity index (χ4v) is 1.63. The van der Waals surface area contributed by atoms with Crippen molar-refractivity contribution < 1.29 is 13.9 Å². The first kappa shape index (κ1) is 10.2. The Morgan fingerprint density at radius 3 is 3.07 bits per heavy atom. The van der Waals surface area contributed by atoms with Crippen LogP contribution in [-0.4, -0.2) is 17.6 Å². The Balaban J connectivity index is 2.47. The molecule has 0 radical (unpaired) electrons. The topological polar surface area (TPSA) is 52.3 Å². The van der Waals surface area contributed by atoms with Crippen molar-refractivity contribution in [3.8, 4) is 0 Å². The second-order valence-electron chi connectivity index (χ2n) is 2.83. The van der Waals surface area contributed by atoms with Gasteiger partial charge in [-0.05, 0) is 35.0 Å². The van der Waals surface area contributed by atoms with Gasteiger partial charge in [-0.1, -0.05) is 6.07 Å². The van der Waals surface area contributed by atoms with Crippen molar-refractivity contribution in [2.75, 3.05) is 6.61 Å². The minimum absolute atomic E-state index is 0.0150. The molecule has 1 aromatic carbocycles. The first-order chi connectivity index (χ1) is 7.22. The maximum absolute atomic E-state index is 11.3. The summed E-state index contributed by atoms with van der Waals surface area (Å²) >= 11 is 3.32. The number of carbonyl (C=O) groups excluding carboxylic acids is 1. The average Bonchev–Trinajstić information content (AvgIpc) is 2.63. The molecule has 0 aliphatic heterocycles. The molecular formula is C10H8BrNO3. The number of hydrogen-bond donors (Lipinski definition) is 0. The summed E-state index contributed by atoms with van der Waals surface area (Å²) in [6.45, 7) is 2.04. The van der Waals surface area contributed by atoms with E-state index in [4.69, 9.17) is 9.15 Å². The predicted octanol–water partition coefficient (Wildman–Crippen LogP) is 2.77. The van der Waals surface area contributed by atoms with E-state index >= 15 is 0 Å². The van der Waals surface area contributed by atoms with Crippen LogP contribution in [0.3, 0.4) is 0 Å². The second kappa shape index (κ2) is 4.02. The van der Waals surface area contributed by atoms with Gasteiger partial charge in [0, 0.05) is 4.47 Å². The highest BCUT2D eigenvalue weighted by Crippen LogP contribution is 2.23. The van der Waals surface area contributed by atoms with Gasteiger partial charge >= 0.3 is 11.9 Å². The largest absolute Gasteiger partial charge is 0.459 e. The summed E-state index contributed by atoms with van der Waals surface area (Å²) in [5.41, 5.74) is 1.19. The Bertz CT molecular complexity index is 506. The van der Waals surface area contributed by atoms with Crippen LogP contribution >= 0.6 is 15.9 Å². The fourth-order valence-electron chi connectivity index (χ4n) is 1.20. The summed E-state index contributed by atoms with van der Waals surface area (Å²) in [6, 6.07) is 5.39. The summed E-state index contributed by atoms with van der Waals surface area (Å²) in [4.78, 5) is 15.4. The second-order valence-corrected chi connectivity index (χ2v) is 3.68. The molecule has 1 heterocycles. The molecule has 0 amide bonds. The van der Waals surface area contributed by atoms with E-state index in [2.05, 4.69) is 20.9 Å². The van der Waals surface area contributed by atoms with Crippen LogP contribution < -0.4 is 0 Å². The highest BCUT2D eigenvalue weighted by Gasteiger charge is 2.16. The molecule has 78 valence electrons. The molecule has 15 heavy (non-hydrogen) atoms. The van der Waals surface area contributed by atoms with Crippen LogP contribution in [0.5, 0.6) is 0 Å². The van der Waals surface area contributed by atoms with Crippen LogP contribution in [0, 0.1) is 0 Å². The van der Waals surface area contributed by atoms with Gasteiger partial charge in [-0.25, -0.2) is 9.78 Å². The van der Waals surface area contributed by atoms with Crippen LogP contribution in [0.4, 0.5) is 0 Å². The molecule has 1 aromatic heterocycles. The van der Waals surface area contributed by atoms with E-state index in [-0.39, 0.29) is 5.89 Å². The molecule has 4 nitrogen and oxygen atoms in total. The van der Waals surface area contributed by atoms with Crippen LogP contribution in [0.1, 0.15) is 17.6 Å². The smallest absolute Gasteiger partial charge is 0.394 e. The van der Waals surface area contributed by atoms with Gasteiger partial charge < -0.3 is 9.15 Å². The average molecular weight is 270 g/mol. The minimum atomic E-state index is -0.541. The number of fused-ring (bicyclic) bond motifs is 1. The van der Waals surface area contributed by atoms with Crippen molar-refractivity contribution in [3.05, 3.63) is 28.6 Å². The summed E-state index contributed by atoms with van der Waals surface area (Å²) < 4.78 is 10.8. The number of halogens is 1. The van der Waals surface area contributed by atoms with Gasteiger partial charge in [0.2, 0.25) is 0 Å². The van der Waals surface area contributed by atoms with Gasteiger partial charge in [-0.2, -0.15) is 0 Å². The highest BCUT2D eigenvalue weighted by atomic mass is 79.9. The molecule has 5 heteroatoms. The lowest BCUT2D eigenvalue weighted by atomic mass is 10.3. The first-order valence-electron chi connectivity index (χ1n) is 4.44. The number of esters is 1. The third kappa shape index (κ3) is 1.87. The molecule has 0 bridgehead atoms. The Kier molecular flexibility index (Phi) is 2.73. The minimum Gasteiger partial charge on any atom is -0.459 e. The van der Waals surface area contributed by atoms with Gasteiger partial charge in [0.1, 0.15) is 5.52 Å². The van der Waals surface area contributed by atoms with Crippen molar-refractivity contribution >= 4 is 33.0 Å². The Morgan fingerprint density at radius 2 is 2.40 bits per heavy atom. The van der Waals surface area contributed by atoms with Crippen LogP contribution in [0.2, 0.25) is 0 Å². The normalized spacial score (nSPS) is 10.5. The number of hydrogen-bond acceptors (Lipinski definition) is 4. The third-order valence-electron chi connectivity index (χ3n) is 1.82. The SMILES string of the molecule is CCOC(=O)c1nc2c(Br)cccc2o1. The Morgan fingerprint density at radius 1 is 1.60 bits per heavy atom. The number of aromatic nitrogens is 1. The highest BCUT2D eigenvalue weighted by molar-refractivity contribution is 9.10. The molecule has 0 aliphatic carbocycles. The van der Waals surface area contributed by atoms with E-state index in [1.165, 1.54) is 0 Å². The van der Waals surface area contributed by atoms with Crippen molar-refractivity contribution in [3.63, 3.8) is 0 Å². The fraction of sp³-hybridized carbons (Fsp3) is 0.200. The van der Waals surface area contributed by atoms with E-state index < -0.39 is 5.97 Å². The van der Waals surface area contributed by atoms with Crippen molar-refractivity contribution in [1.82, 2.24) is 4.98 Å². The third-order valence-corrected chi connectivity index (χ3v) is 2.46. The van der Waals surface area contributed by atoms with Gasteiger partial charge in [-0.15, -0.1) is 0 Å². The maximum Gasteiger partial charge on any atom is 0.394 e. The lowest BCUT2D eigenvalue weighted by molar-refractivity contribution is 0.0483. The zero-order valence-corrected chi connectivity index (χ0v) is 9.58. The maximum atomic E-state index is 11.3. The molecule has 0 saturated carbocycles. The van der Waals surface area contributed by atoms with Gasteiger partial charge in [0.05, 0.1) is 6.61 Å². The monoisotopic (exact) mass is 269 g/mol. The number of nitrogens with zero attached hydrogens (tertiary/aromatic N) is 1. The molecule has 0 N–H and O–H groups in total. The molecule has 0 unspecified atom stereocenters. The number of ether oxygens (including phenoxy) is 1. The van der Waals surface area contributed by atoms with Crippen molar-refractivity contribution in [2.45, 2.75) is 6.92 Å². The molecule has 0 fully saturated rings. The van der Waals surface area contributed by atoms with E-state index in [1.807, 2.05) is 12.1 Å². The quantitative estimate of drug-likeness (QED) is 0.787. The molecule has 0 spiro atoms. The molecule has 2 aromatic rings. The summed E-state index contributed by atoms with van der Waals surface area (Å²) in [5, 5.41) is 0. The van der Waals surface area contributed by atoms with E-state index in [1.54, 1.807) is 13.0 Å². The number of oxazole rings is 1. The van der Waals surface area contributed by atoms with E-state index in [0.717, 1.165) is 4.47 Å². The lowest BCUT2D eigenvalue weighted by Gasteiger charge is -1.94. The zero-order valence-electron chi connectivity index (χ0n) is 7.99. The van der Waals surface area contributed by atoms with E-state index in [9.17, 15) is 4.79 Å². The number of para-hydroxylation sites is 1. The Hall–Kier alpha value is -1.36. The standard InChI is InChI=1S/C10H8BrNO3/c1-2-14-10(13)9-12-8-6(11)4-3-5-7(8)15-9/h3-5H,2H2,1H3. The number of rotatable bonds is 2. The summed E-state index contributed by atoms with van der Waals surface area (Å²) in [7, 11) is 0. The molecule has 0 aliphatic rings. The zero-order chi connectivity index (χ0) is 10.8. The molecule has 2 rings (SSSR count).